The van der Waals surface area contributed by atoms with E-state index in [-0.39, 0.29) is 6.10 Å². The zero-order valence-corrected chi connectivity index (χ0v) is 13.8. The average Bonchev–Trinajstić information content (AvgIpc) is 2.52. The number of carbonyl (C=O) groups excluding carboxylic acids is 2. The Balaban J connectivity index is 3.09. The summed E-state index contributed by atoms with van der Waals surface area (Å²) in [5, 5.41) is 0. The van der Waals surface area contributed by atoms with Crippen LogP contribution >= 0.6 is 0 Å². The Labute approximate surface area is 131 Å². The van der Waals surface area contributed by atoms with E-state index in [4.69, 9.17) is 18.9 Å². The minimum atomic E-state index is -0.936. The number of hydrogen-bond acceptors (Lipinski definition) is 6. The minimum Gasteiger partial charge on any atom is -0.469 e. The highest BCUT2D eigenvalue weighted by molar-refractivity contribution is 5.87. The summed E-state index contributed by atoms with van der Waals surface area (Å²) in [7, 11) is 4.52. The molecule has 0 saturated heterocycles. The summed E-state index contributed by atoms with van der Waals surface area (Å²) < 4.78 is 21.1. The highest BCUT2D eigenvalue weighted by Crippen LogP contribution is 2.41. The third kappa shape index (κ3) is 4.30. The summed E-state index contributed by atoms with van der Waals surface area (Å²) in [5.41, 5.74) is -0.636. The van der Waals surface area contributed by atoms with Gasteiger partial charge in [0.05, 0.1) is 25.7 Å². The van der Waals surface area contributed by atoms with Crippen molar-refractivity contribution in [2.75, 3.05) is 27.9 Å². The van der Waals surface area contributed by atoms with E-state index in [0.29, 0.717) is 37.9 Å². The van der Waals surface area contributed by atoms with Crippen molar-refractivity contribution in [1.82, 2.24) is 0 Å². The van der Waals surface area contributed by atoms with Gasteiger partial charge in [-0.15, -0.1) is 0 Å². The smallest absolute Gasteiger partial charge is 0.333 e. The number of methoxy groups -OCH3 is 3. The molecule has 6 nitrogen and oxygen atoms in total. The molecule has 0 spiro atoms. The van der Waals surface area contributed by atoms with Crippen LogP contribution in [0.25, 0.3) is 0 Å². The van der Waals surface area contributed by atoms with Gasteiger partial charge in [0.15, 0.2) is 0 Å². The van der Waals surface area contributed by atoms with E-state index in [1.165, 1.54) is 7.11 Å². The highest BCUT2D eigenvalue weighted by atomic mass is 16.6. The van der Waals surface area contributed by atoms with Crippen molar-refractivity contribution in [3.05, 3.63) is 12.2 Å². The number of rotatable bonds is 7. The average molecular weight is 314 g/mol. The van der Waals surface area contributed by atoms with Crippen LogP contribution in [0, 0.1) is 5.92 Å². The molecule has 0 N–H and O–H groups in total. The summed E-state index contributed by atoms with van der Waals surface area (Å²) >= 11 is 0. The van der Waals surface area contributed by atoms with Crippen LogP contribution in [0.4, 0.5) is 0 Å². The Hall–Kier alpha value is -1.40. The van der Waals surface area contributed by atoms with E-state index in [2.05, 4.69) is 6.58 Å². The normalized spacial score (nSPS) is 28.0. The number of hydrogen-bond donors (Lipinski definition) is 0. The fraction of sp³-hybridized carbons (Fsp3) is 0.750. The van der Waals surface area contributed by atoms with Gasteiger partial charge in [0.25, 0.3) is 0 Å². The fourth-order valence-corrected chi connectivity index (χ4v) is 2.86. The lowest BCUT2D eigenvalue weighted by atomic mass is 9.72. The quantitative estimate of drug-likeness (QED) is 0.528. The van der Waals surface area contributed by atoms with Crippen molar-refractivity contribution in [2.24, 2.45) is 5.92 Å². The maximum atomic E-state index is 12.2. The summed E-state index contributed by atoms with van der Waals surface area (Å²) in [4.78, 5) is 24.3. The SMILES string of the molecule is C=C(C)C(=O)OC1(CCOC)CCC(OC)CC1C(=O)OC. The van der Waals surface area contributed by atoms with Crippen LogP contribution in [0.2, 0.25) is 0 Å². The first kappa shape index (κ1) is 18.6. The van der Waals surface area contributed by atoms with Crippen molar-refractivity contribution < 1.29 is 28.5 Å². The second kappa shape index (κ2) is 8.29. The summed E-state index contributed by atoms with van der Waals surface area (Å²) in [6.07, 6.45) is 2.06. The molecule has 1 saturated carbocycles. The van der Waals surface area contributed by atoms with Crippen molar-refractivity contribution in [2.45, 2.75) is 44.3 Å². The number of ether oxygens (including phenoxy) is 4. The molecule has 1 aliphatic carbocycles. The molecule has 0 heterocycles. The zero-order valence-electron chi connectivity index (χ0n) is 13.8. The minimum absolute atomic E-state index is 0.0525. The topological polar surface area (TPSA) is 71.1 Å². The van der Waals surface area contributed by atoms with Crippen molar-refractivity contribution in [3.63, 3.8) is 0 Å². The van der Waals surface area contributed by atoms with E-state index in [9.17, 15) is 9.59 Å². The lowest BCUT2D eigenvalue weighted by Gasteiger charge is -2.44. The van der Waals surface area contributed by atoms with Crippen molar-refractivity contribution in [1.29, 1.82) is 0 Å². The van der Waals surface area contributed by atoms with Crippen LogP contribution in [-0.2, 0) is 28.5 Å². The molecule has 0 aromatic heterocycles. The molecule has 6 heteroatoms. The lowest BCUT2D eigenvalue weighted by Crippen LogP contribution is -2.52. The number of carbonyl (C=O) groups is 2. The highest BCUT2D eigenvalue weighted by Gasteiger charge is 2.50. The van der Waals surface area contributed by atoms with Crippen LogP contribution in [0.1, 0.15) is 32.6 Å². The molecular formula is C16H26O6. The Morgan fingerprint density at radius 3 is 2.45 bits per heavy atom. The predicted octanol–water partition coefficient (Wildman–Crippen LogP) is 1.87. The molecule has 0 aromatic rings. The van der Waals surface area contributed by atoms with Crippen LogP contribution in [0.3, 0.4) is 0 Å². The maximum absolute atomic E-state index is 12.2. The fourth-order valence-electron chi connectivity index (χ4n) is 2.86. The third-order valence-corrected chi connectivity index (χ3v) is 4.22. The molecule has 22 heavy (non-hydrogen) atoms. The Morgan fingerprint density at radius 1 is 1.27 bits per heavy atom. The molecule has 1 rings (SSSR count). The van der Waals surface area contributed by atoms with Gasteiger partial charge in [-0.1, -0.05) is 6.58 Å². The van der Waals surface area contributed by atoms with Crippen molar-refractivity contribution >= 4 is 11.9 Å². The van der Waals surface area contributed by atoms with Gasteiger partial charge in [-0.05, 0) is 26.2 Å². The molecule has 126 valence electrons. The summed E-state index contributed by atoms with van der Waals surface area (Å²) in [5.74, 6) is -1.47. The van der Waals surface area contributed by atoms with Crippen LogP contribution < -0.4 is 0 Å². The maximum Gasteiger partial charge on any atom is 0.333 e. The second-order valence-electron chi connectivity index (χ2n) is 5.69. The molecule has 0 radical (unpaired) electrons. The first-order valence-electron chi connectivity index (χ1n) is 7.38. The van der Waals surface area contributed by atoms with Gasteiger partial charge in [0.2, 0.25) is 0 Å². The summed E-state index contributed by atoms with van der Waals surface area (Å²) in [6.45, 7) is 5.57. The van der Waals surface area contributed by atoms with Gasteiger partial charge in [0.1, 0.15) is 5.60 Å². The molecule has 3 unspecified atom stereocenters. The molecule has 3 atom stereocenters. The molecule has 0 bridgehead atoms. The monoisotopic (exact) mass is 314 g/mol. The van der Waals surface area contributed by atoms with Crippen LogP contribution in [0.15, 0.2) is 12.2 Å². The zero-order chi connectivity index (χ0) is 16.8. The van der Waals surface area contributed by atoms with E-state index in [0.717, 1.165) is 0 Å². The second-order valence-corrected chi connectivity index (χ2v) is 5.69. The molecular weight excluding hydrogens is 288 g/mol. The largest absolute Gasteiger partial charge is 0.469 e. The Morgan fingerprint density at radius 2 is 1.95 bits per heavy atom. The van der Waals surface area contributed by atoms with Crippen molar-refractivity contribution in [3.8, 4) is 0 Å². The molecule has 0 aromatic carbocycles. The van der Waals surface area contributed by atoms with Gasteiger partial charge < -0.3 is 18.9 Å². The van der Waals surface area contributed by atoms with Gasteiger partial charge in [-0.2, -0.15) is 0 Å². The van der Waals surface area contributed by atoms with Gasteiger partial charge in [-0.3, -0.25) is 4.79 Å². The Kier molecular flexibility index (Phi) is 7.03. The Bertz CT molecular complexity index is 419. The standard InChI is InChI=1S/C16H26O6/c1-11(2)14(17)22-16(8-9-19-3)7-6-12(20-4)10-13(16)15(18)21-5/h12-13H,1,6-10H2,2-5H3. The molecule has 0 amide bonds. The lowest BCUT2D eigenvalue weighted by molar-refractivity contribution is -0.186. The van der Waals surface area contributed by atoms with Gasteiger partial charge >= 0.3 is 11.9 Å². The van der Waals surface area contributed by atoms with E-state index >= 15 is 0 Å². The van der Waals surface area contributed by atoms with E-state index in [1.807, 2.05) is 0 Å². The van der Waals surface area contributed by atoms with Gasteiger partial charge in [0, 0.05) is 26.2 Å². The number of esters is 2. The molecule has 1 aliphatic rings. The third-order valence-electron chi connectivity index (χ3n) is 4.22. The molecule has 0 aliphatic heterocycles. The predicted molar refractivity (Wildman–Crippen MR) is 80.3 cm³/mol. The summed E-state index contributed by atoms with van der Waals surface area (Å²) in [6, 6.07) is 0. The van der Waals surface area contributed by atoms with Crippen LogP contribution in [0.5, 0.6) is 0 Å². The van der Waals surface area contributed by atoms with E-state index < -0.39 is 23.5 Å². The molecule has 1 fully saturated rings. The van der Waals surface area contributed by atoms with Crippen LogP contribution in [-0.4, -0.2) is 51.6 Å². The first-order chi connectivity index (χ1) is 10.4. The van der Waals surface area contributed by atoms with Gasteiger partial charge in [-0.25, -0.2) is 4.79 Å². The van der Waals surface area contributed by atoms with E-state index in [1.54, 1.807) is 21.1 Å². The first-order valence-corrected chi connectivity index (χ1v) is 7.38.